The van der Waals surface area contributed by atoms with E-state index in [1.807, 2.05) is 35.2 Å². The van der Waals surface area contributed by atoms with Gasteiger partial charge in [-0.1, -0.05) is 18.2 Å². The van der Waals surface area contributed by atoms with Gasteiger partial charge < -0.3 is 19.9 Å². The Balaban J connectivity index is 1.42. The minimum atomic E-state index is -0.664. The summed E-state index contributed by atoms with van der Waals surface area (Å²) in [5, 5.41) is 15.2. The Hall–Kier alpha value is -3.16. The molecule has 0 spiro atoms. The number of aliphatic hydroxyl groups is 1. The number of amides is 1. The van der Waals surface area contributed by atoms with E-state index in [4.69, 9.17) is 9.47 Å². The summed E-state index contributed by atoms with van der Waals surface area (Å²) in [4.78, 5) is 17.6. The molecule has 7 heteroatoms. The number of nitrogens with zero attached hydrogens (tertiary/aromatic N) is 2. The van der Waals surface area contributed by atoms with Gasteiger partial charge in [0.2, 0.25) is 11.8 Å². The van der Waals surface area contributed by atoms with Crippen molar-refractivity contribution in [3.05, 3.63) is 54.7 Å². The molecule has 156 valence electrons. The number of benzene rings is 2. The second-order valence-corrected chi connectivity index (χ2v) is 7.36. The second kappa shape index (κ2) is 9.11. The molecule has 2 N–H and O–H groups in total. The normalized spacial score (nSPS) is 15.6. The predicted molar refractivity (Wildman–Crippen MR) is 115 cm³/mol. The molecule has 7 nitrogen and oxygen atoms in total. The molecule has 0 radical (unpaired) electrons. The van der Waals surface area contributed by atoms with E-state index in [1.54, 1.807) is 13.3 Å². The lowest BCUT2D eigenvalue weighted by molar-refractivity contribution is -0.124. The minimum absolute atomic E-state index is 0.00763. The molecule has 1 aliphatic heterocycles. The number of aliphatic hydroxyl groups excluding tert-OH is 1. The number of aromatic nitrogens is 1. The van der Waals surface area contributed by atoms with Crippen molar-refractivity contribution in [2.45, 2.75) is 6.10 Å². The molecule has 1 unspecified atom stereocenters. The molecule has 1 aliphatic rings. The van der Waals surface area contributed by atoms with Crippen molar-refractivity contribution in [2.24, 2.45) is 0 Å². The Bertz CT molecular complexity index is 1020. The van der Waals surface area contributed by atoms with Crippen molar-refractivity contribution >= 4 is 16.7 Å². The third kappa shape index (κ3) is 4.87. The Morgan fingerprint density at radius 3 is 2.73 bits per heavy atom. The van der Waals surface area contributed by atoms with Gasteiger partial charge in [-0.25, -0.2) is 4.98 Å². The Labute approximate surface area is 175 Å². The van der Waals surface area contributed by atoms with Crippen molar-refractivity contribution in [3.63, 3.8) is 0 Å². The number of fused-ring (bicyclic) bond motifs is 1. The number of methoxy groups -OCH3 is 1. The van der Waals surface area contributed by atoms with E-state index in [-0.39, 0.29) is 12.5 Å². The van der Waals surface area contributed by atoms with Crippen molar-refractivity contribution in [1.82, 2.24) is 15.2 Å². The molecule has 2 heterocycles. The standard InChI is InChI=1S/C23H25N3O4/c1-29-23-7-5-18(12-25-23)17-3-2-16-4-6-21(11-19(16)10-17)30-15-20(27)13-26-9-8-24-22(28)14-26/h2-7,10-12,20,27H,8-9,13-15H2,1H3,(H,24,28). The summed E-state index contributed by atoms with van der Waals surface area (Å²) in [6, 6.07) is 15.9. The van der Waals surface area contributed by atoms with Gasteiger partial charge in [0.1, 0.15) is 18.5 Å². The largest absolute Gasteiger partial charge is 0.491 e. The number of carbonyl (C=O) groups is 1. The fourth-order valence-electron chi connectivity index (χ4n) is 3.56. The molecular formula is C23H25N3O4. The van der Waals surface area contributed by atoms with Crippen LogP contribution >= 0.6 is 0 Å². The van der Waals surface area contributed by atoms with Crippen molar-refractivity contribution in [2.75, 3.05) is 39.9 Å². The van der Waals surface area contributed by atoms with Gasteiger partial charge in [0.15, 0.2) is 0 Å². The lowest BCUT2D eigenvalue weighted by Crippen LogP contribution is -2.50. The molecule has 3 aromatic rings. The molecule has 30 heavy (non-hydrogen) atoms. The highest BCUT2D eigenvalue weighted by Crippen LogP contribution is 2.27. The highest BCUT2D eigenvalue weighted by molar-refractivity contribution is 5.88. The van der Waals surface area contributed by atoms with E-state index >= 15 is 0 Å². The van der Waals surface area contributed by atoms with Crippen molar-refractivity contribution in [1.29, 1.82) is 0 Å². The lowest BCUT2D eigenvalue weighted by atomic mass is 10.0. The smallest absolute Gasteiger partial charge is 0.234 e. The first-order chi connectivity index (χ1) is 14.6. The second-order valence-electron chi connectivity index (χ2n) is 7.36. The summed E-state index contributed by atoms with van der Waals surface area (Å²) in [7, 11) is 1.60. The number of piperazine rings is 1. The summed E-state index contributed by atoms with van der Waals surface area (Å²) in [5.74, 6) is 1.27. The number of carbonyl (C=O) groups excluding carboxylic acids is 1. The fraction of sp³-hybridized carbons (Fsp3) is 0.304. The van der Waals surface area contributed by atoms with Gasteiger partial charge in [-0.15, -0.1) is 0 Å². The van der Waals surface area contributed by atoms with Crippen LogP contribution in [0.25, 0.3) is 21.9 Å². The Kier molecular flexibility index (Phi) is 6.11. The van der Waals surface area contributed by atoms with E-state index in [1.165, 1.54) is 0 Å². The molecule has 1 fully saturated rings. The third-order valence-electron chi connectivity index (χ3n) is 5.12. The Morgan fingerprint density at radius 1 is 1.13 bits per heavy atom. The van der Waals surface area contributed by atoms with Crippen LogP contribution in [-0.4, -0.2) is 66.9 Å². The molecule has 0 saturated carbocycles. The zero-order valence-corrected chi connectivity index (χ0v) is 16.9. The van der Waals surface area contributed by atoms with Gasteiger partial charge >= 0.3 is 0 Å². The van der Waals surface area contributed by atoms with E-state index in [0.717, 1.165) is 28.4 Å². The summed E-state index contributed by atoms with van der Waals surface area (Å²) in [5.41, 5.74) is 2.06. The van der Waals surface area contributed by atoms with Crippen molar-refractivity contribution in [3.8, 4) is 22.8 Å². The van der Waals surface area contributed by atoms with E-state index < -0.39 is 6.10 Å². The van der Waals surface area contributed by atoms with E-state index in [2.05, 4.69) is 28.5 Å². The fourth-order valence-corrected chi connectivity index (χ4v) is 3.56. The van der Waals surface area contributed by atoms with Crippen LogP contribution in [0.5, 0.6) is 11.6 Å². The van der Waals surface area contributed by atoms with Crippen LogP contribution in [0.2, 0.25) is 0 Å². The number of β-amino-alcohol motifs (C(OH)–C–C–N with tert-alkyl or cyclic N) is 1. The molecule has 1 atom stereocenters. The zero-order chi connectivity index (χ0) is 20.9. The van der Waals surface area contributed by atoms with Crippen LogP contribution in [0.3, 0.4) is 0 Å². The third-order valence-corrected chi connectivity index (χ3v) is 5.12. The summed E-state index contributed by atoms with van der Waals surface area (Å²) >= 11 is 0. The molecular weight excluding hydrogens is 382 g/mol. The maximum absolute atomic E-state index is 11.4. The van der Waals surface area contributed by atoms with Crippen LogP contribution < -0.4 is 14.8 Å². The molecule has 0 aliphatic carbocycles. The molecule has 1 saturated heterocycles. The molecule has 4 rings (SSSR count). The first kappa shape index (κ1) is 20.1. The molecule has 2 aromatic carbocycles. The predicted octanol–water partition coefficient (Wildman–Crippen LogP) is 2.08. The average Bonchev–Trinajstić information content (AvgIpc) is 2.77. The summed E-state index contributed by atoms with van der Waals surface area (Å²) in [6.07, 6.45) is 1.13. The van der Waals surface area contributed by atoms with Crippen LogP contribution in [-0.2, 0) is 4.79 Å². The average molecular weight is 407 g/mol. The van der Waals surface area contributed by atoms with Crippen molar-refractivity contribution < 1.29 is 19.4 Å². The number of rotatable bonds is 7. The van der Waals surface area contributed by atoms with Crippen LogP contribution in [0.1, 0.15) is 0 Å². The van der Waals surface area contributed by atoms with Crippen LogP contribution in [0.15, 0.2) is 54.7 Å². The van der Waals surface area contributed by atoms with Gasteiger partial charge in [0.25, 0.3) is 0 Å². The maximum atomic E-state index is 11.4. The molecule has 0 bridgehead atoms. The highest BCUT2D eigenvalue weighted by atomic mass is 16.5. The minimum Gasteiger partial charge on any atom is -0.491 e. The number of hydrogen-bond acceptors (Lipinski definition) is 6. The van der Waals surface area contributed by atoms with Gasteiger partial charge in [-0.05, 0) is 40.6 Å². The first-order valence-corrected chi connectivity index (χ1v) is 9.95. The molecule has 1 aromatic heterocycles. The molecule has 1 amide bonds. The van der Waals surface area contributed by atoms with Gasteiger partial charge in [-0.2, -0.15) is 0 Å². The lowest BCUT2D eigenvalue weighted by Gasteiger charge is -2.28. The summed E-state index contributed by atoms with van der Waals surface area (Å²) in [6.45, 7) is 2.25. The highest BCUT2D eigenvalue weighted by Gasteiger charge is 2.19. The number of hydrogen-bond donors (Lipinski definition) is 2. The number of ether oxygens (including phenoxy) is 2. The first-order valence-electron chi connectivity index (χ1n) is 9.95. The van der Waals surface area contributed by atoms with E-state index in [0.29, 0.717) is 31.3 Å². The van der Waals surface area contributed by atoms with Crippen LogP contribution in [0.4, 0.5) is 0 Å². The van der Waals surface area contributed by atoms with Gasteiger partial charge in [-0.3, -0.25) is 9.69 Å². The zero-order valence-electron chi connectivity index (χ0n) is 16.9. The van der Waals surface area contributed by atoms with Gasteiger partial charge in [0, 0.05) is 37.5 Å². The number of pyridine rings is 1. The van der Waals surface area contributed by atoms with Crippen LogP contribution in [0, 0.1) is 0 Å². The Morgan fingerprint density at radius 2 is 1.97 bits per heavy atom. The SMILES string of the molecule is COc1ccc(-c2ccc3ccc(OCC(O)CN4CCNC(=O)C4)cc3c2)cn1. The quantitative estimate of drug-likeness (QED) is 0.624. The monoisotopic (exact) mass is 407 g/mol. The van der Waals surface area contributed by atoms with E-state index in [9.17, 15) is 9.90 Å². The topological polar surface area (TPSA) is 83.9 Å². The summed E-state index contributed by atoms with van der Waals surface area (Å²) < 4.78 is 10.9. The van der Waals surface area contributed by atoms with Gasteiger partial charge in [0.05, 0.1) is 13.7 Å². The number of nitrogens with one attached hydrogen (secondary N) is 1. The maximum Gasteiger partial charge on any atom is 0.234 e.